The monoisotopic (exact) mass is 1240 g/mol. The smallest absolute Gasteiger partial charge is 0.0961 e. The van der Waals surface area contributed by atoms with Gasteiger partial charge in [0.05, 0.1) is 76.1 Å². The quantitative estimate of drug-likeness (QED) is 0.145. The van der Waals surface area contributed by atoms with Gasteiger partial charge in [-0.3, -0.25) is 0 Å². The average Bonchev–Trinajstić information content (AvgIpc) is 4.12. The maximum Gasteiger partial charge on any atom is 0.0961 e. The summed E-state index contributed by atoms with van der Waals surface area (Å²) < 4.78 is 10.6. The topological polar surface area (TPSA) is 91.2 Å². The van der Waals surface area contributed by atoms with Crippen molar-refractivity contribution in [1.29, 1.82) is 0 Å². The first-order valence-electron chi connectivity index (χ1n) is 21.6. The molecular formula is C50H53Br4N7OS5. The molecule has 17 heteroatoms. The Bertz CT molecular complexity index is 2970. The number of aliphatic hydroxyl groups excluding tert-OH is 1. The minimum atomic E-state index is 0.168. The van der Waals surface area contributed by atoms with Crippen molar-refractivity contribution >= 4 is 171 Å². The van der Waals surface area contributed by atoms with Gasteiger partial charge in [0.1, 0.15) is 0 Å². The van der Waals surface area contributed by atoms with Gasteiger partial charge in [0, 0.05) is 56.8 Å². The van der Waals surface area contributed by atoms with Crippen LogP contribution in [-0.2, 0) is 25.7 Å². The Kier molecular flexibility index (Phi) is 21.3. The minimum Gasteiger partial charge on any atom is -0.396 e. The zero-order valence-electron chi connectivity index (χ0n) is 38.4. The van der Waals surface area contributed by atoms with Crippen LogP contribution < -0.4 is 0 Å². The predicted molar refractivity (Wildman–Crippen MR) is 308 cm³/mol. The highest BCUT2D eigenvalue weighted by Gasteiger charge is 2.07. The molecule has 0 radical (unpaired) electrons. The Labute approximate surface area is 447 Å². The highest BCUT2D eigenvalue weighted by atomic mass is 79.9. The second-order valence-corrected chi connectivity index (χ2v) is 25.3. The molecule has 1 N–H and O–H groups in total. The lowest BCUT2D eigenvalue weighted by molar-refractivity contribution is 0.299. The number of rotatable bonds is 10. The highest BCUT2D eigenvalue weighted by molar-refractivity contribution is 9.11. The molecule has 0 fully saturated rings. The van der Waals surface area contributed by atoms with Crippen LogP contribution in [0.3, 0.4) is 0 Å². The highest BCUT2D eigenvalue weighted by Crippen LogP contribution is 2.29. The molecule has 8 nitrogen and oxygen atoms in total. The van der Waals surface area contributed by atoms with E-state index >= 15 is 0 Å². The molecule has 0 saturated carbocycles. The second-order valence-electron chi connectivity index (χ2n) is 15.9. The molecule has 0 unspecified atom stereocenters. The summed E-state index contributed by atoms with van der Waals surface area (Å²) in [7, 11) is 8.36. The van der Waals surface area contributed by atoms with Gasteiger partial charge < -0.3 is 14.9 Å². The van der Waals surface area contributed by atoms with Gasteiger partial charge in [0.25, 0.3) is 0 Å². The lowest BCUT2D eigenvalue weighted by atomic mass is 10.2. The molecule has 5 aromatic heterocycles. The Hall–Kier alpha value is -2.65. The normalized spacial score (nSPS) is 11.1. The van der Waals surface area contributed by atoms with Crippen molar-refractivity contribution in [3.05, 3.63) is 139 Å². The van der Waals surface area contributed by atoms with Gasteiger partial charge in [-0.25, -0.2) is 24.9 Å². The number of fused-ring (bicyclic) bond motifs is 5. The third-order valence-corrected chi connectivity index (χ3v) is 16.9. The Morgan fingerprint density at radius 1 is 0.433 bits per heavy atom. The second kappa shape index (κ2) is 26.5. The average molecular weight is 1250 g/mol. The van der Waals surface area contributed by atoms with Gasteiger partial charge in [-0.15, -0.1) is 56.7 Å². The first-order valence-corrected chi connectivity index (χ1v) is 28.8. The summed E-state index contributed by atoms with van der Waals surface area (Å²) in [5.74, 6) is 0. The summed E-state index contributed by atoms with van der Waals surface area (Å²) in [5, 5.41) is 14.6. The zero-order valence-corrected chi connectivity index (χ0v) is 48.9. The molecule has 10 rings (SSSR count). The largest absolute Gasteiger partial charge is 0.396 e. The van der Waals surface area contributed by atoms with Crippen LogP contribution in [0.25, 0.3) is 51.1 Å². The molecule has 0 atom stereocenters. The molecular weight excluding hydrogens is 1190 g/mol. The van der Waals surface area contributed by atoms with E-state index in [9.17, 15) is 0 Å². The number of likely N-dealkylation sites (N-methyl/N-ethyl adjacent to an activating group) is 2. The number of benzene rings is 5. The van der Waals surface area contributed by atoms with Gasteiger partial charge in [0.15, 0.2) is 0 Å². The van der Waals surface area contributed by atoms with Crippen LogP contribution in [0.4, 0.5) is 0 Å². The number of nitrogens with zero attached hydrogens (tertiary/aromatic N) is 7. The molecule has 0 aliphatic carbocycles. The first-order chi connectivity index (χ1) is 32.1. The van der Waals surface area contributed by atoms with Gasteiger partial charge >= 0.3 is 0 Å². The van der Waals surface area contributed by atoms with E-state index in [-0.39, 0.29) is 6.61 Å². The molecule has 5 heterocycles. The molecule has 0 aliphatic heterocycles. The number of aryl methyl sites for hydroxylation is 3. The molecule has 352 valence electrons. The SMILES string of the molecule is CCCc1nc2cc(Br)ccc2s1.CN(C)CCc1nc2cc(Br)ccc2s1.Cc1ccc2sc(CCN(C)C)nc2c1.Cc1nc2cc(Br)ccc2s1.OCCc1nc2cc(Br)ccc2s1. The zero-order chi connectivity index (χ0) is 48.0. The van der Waals surface area contributed by atoms with Crippen LogP contribution in [0.1, 0.15) is 43.9 Å². The first kappa shape index (κ1) is 53.7. The number of hydrogen-bond acceptors (Lipinski definition) is 13. The summed E-state index contributed by atoms with van der Waals surface area (Å²) in [5.41, 5.74) is 6.73. The van der Waals surface area contributed by atoms with E-state index in [0.717, 1.165) is 87.8 Å². The van der Waals surface area contributed by atoms with Crippen LogP contribution in [0.2, 0.25) is 0 Å². The van der Waals surface area contributed by atoms with Crippen molar-refractivity contribution in [3.63, 3.8) is 0 Å². The summed E-state index contributed by atoms with van der Waals surface area (Å²) >= 11 is 22.5. The van der Waals surface area contributed by atoms with Crippen LogP contribution in [0, 0.1) is 13.8 Å². The van der Waals surface area contributed by atoms with Crippen molar-refractivity contribution in [2.75, 3.05) is 47.9 Å². The van der Waals surface area contributed by atoms with E-state index in [1.807, 2.05) is 48.6 Å². The molecule has 10 aromatic rings. The van der Waals surface area contributed by atoms with E-state index in [1.54, 1.807) is 45.3 Å². The summed E-state index contributed by atoms with van der Waals surface area (Å²) in [6, 6.07) is 31.2. The van der Waals surface area contributed by atoms with Crippen molar-refractivity contribution in [3.8, 4) is 0 Å². The van der Waals surface area contributed by atoms with E-state index in [1.165, 1.54) is 50.5 Å². The third kappa shape index (κ3) is 17.0. The Morgan fingerprint density at radius 2 is 0.761 bits per heavy atom. The van der Waals surface area contributed by atoms with E-state index < -0.39 is 0 Å². The van der Waals surface area contributed by atoms with Crippen molar-refractivity contribution in [2.45, 2.75) is 52.9 Å². The molecule has 5 aromatic carbocycles. The third-order valence-electron chi connectivity index (χ3n) is 9.56. The van der Waals surface area contributed by atoms with Crippen molar-refractivity contribution in [2.24, 2.45) is 0 Å². The van der Waals surface area contributed by atoms with Crippen LogP contribution in [0.15, 0.2) is 109 Å². The van der Waals surface area contributed by atoms with Crippen molar-refractivity contribution in [1.82, 2.24) is 34.7 Å². The van der Waals surface area contributed by atoms with E-state index in [0.29, 0.717) is 6.42 Å². The van der Waals surface area contributed by atoms with Gasteiger partial charge in [-0.05, 0) is 145 Å². The molecule has 0 bridgehead atoms. The number of aromatic nitrogens is 5. The molecule has 0 aliphatic rings. The fraction of sp³-hybridized carbons (Fsp3) is 0.300. The Balaban J connectivity index is 0.000000139. The lowest BCUT2D eigenvalue weighted by Gasteiger charge is -2.06. The van der Waals surface area contributed by atoms with Gasteiger partial charge in [-0.1, -0.05) is 76.7 Å². The van der Waals surface area contributed by atoms with Gasteiger partial charge in [0.2, 0.25) is 0 Å². The van der Waals surface area contributed by atoms with Gasteiger partial charge in [-0.2, -0.15) is 0 Å². The predicted octanol–water partition coefficient (Wildman–Crippen LogP) is 15.8. The van der Waals surface area contributed by atoms with Crippen LogP contribution in [-0.4, -0.2) is 87.7 Å². The van der Waals surface area contributed by atoms with Crippen LogP contribution in [0.5, 0.6) is 0 Å². The molecule has 0 amide bonds. The number of halogens is 4. The Morgan fingerprint density at radius 3 is 1.13 bits per heavy atom. The van der Waals surface area contributed by atoms with Crippen molar-refractivity contribution < 1.29 is 5.11 Å². The van der Waals surface area contributed by atoms with Crippen LogP contribution >= 0.6 is 120 Å². The number of aliphatic hydroxyl groups is 1. The molecule has 0 spiro atoms. The number of thiazole rings is 5. The number of hydrogen-bond donors (Lipinski definition) is 1. The maximum absolute atomic E-state index is 8.76. The summed E-state index contributed by atoms with van der Waals surface area (Å²) in [6.45, 7) is 8.61. The molecule has 0 saturated heterocycles. The fourth-order valence-electron chi connectivity index (χ4n) is 6.32. The lowest BCUT2D eigenvalue weighted by Crippen LogP contribution is -2.14. The summed E-state index contributed by atoms with van der Waals surface area (Å²) in [4.78, 5) is 26.9. The minimum absolute atomic E-state index is 0.168. The fourth-order valence-corrected chi connectivity index (χ4v) is 12.4. The molecule has 67 heavy (non-hydrogen) atoms. The van der Waals surface area contributed by atoms with E-state index in [4.69, 9.17) is 5.11 Å². The maximum atomic E-state index is 8.76. The van der Waals surface area contributed by atoms with E-state index in [2.05, 4.69) is 201 Å². The standard InChI is InChI=1S/C12H16N2S.C11H13BrN2S.C10H10BrNS.C9H8BrNOS.C8H6BrNS/c1-9-4-5-11-10(8-9)13-12(15-11)6-7-14(2)3;1-14(2)6-5-11-13-9-7-8(12)3-4-10(9)15-11;1-2-3-10-12-8-6-7(11)4-5-9(8)13-10;10-6-1-2-8-7(5-6)11-9(13-8)3-4-12;1-5-10-7-4-6(9)2-3-8(7)11-5/h4-5,8H,6-7H2,1-3H3;3-4,7H,5-6H2,1-2H3;4-6H,2-3H2,1H3;1-2,5,12H,3-4H2;2-4H,1H3. The summed E-state index contributed by atoms with van der Waals surface area (Å²) in [6.07, 6.45) is 4.99.